The van der Waals surface area contributed by atoms with Crippen molar-refractivity contribution in [1.82, 2.24) is 0 Å². The van der Waals surface area contributed by atoms with Gasteiger partial charge in [0.05, 0.1) is 0 Å². The van der Waals surface area contributed by atoms with Crippen molar-refractivity contribution >= 4 is 43.9 Å². The van der Waals surface area contributed by atoms with Crippen molar-refractivity contribution < 1.29 is 8.83 Å². The summed E-state index contributed by atoms with van der Waals surface area (Å²) in [6.45, 7) is 29.2. The number of hydrogen-bond donors (Lipinski definition) is 0. The van der Waals surface area contributed by atoms with Gasteiger partial charge >= 0.3 is 0 Å². The van der Waals surface area contributed by atoms with Gasteiger partial charge in [-0.25, -0.2) is 0 Å². The van der Waals surface area contributed by atoms with Crippen molar-refractivity contribution in [1.29, 1.82) is 0 Å². The minimum Gasteiger partial charge on any atom is -0.455 e. The van der Waals surface area contributed by atoms with Crippen LogP contribution in [0.2, 0.25) is 0 Å². The summed E-state index contributed by atoms with van der Waals surface area (Å²) in [6, 6.07) is 91.8. The molecule has 6 aliphatic rings. The maximum atomic E-state index is 7.35. The minimum absolute atomic E-state index is 0.0273. The van der Waals surface area contributed by atoms with Crippen LogP contribution in [0.25, 0.3) is 155 Å². The van der Waals surface area contributed by atoms with Crippen LogP contribution in [0, 0.1) is 0 Å². The second-order valence-corrected chi connectivity index (χ2v) is 41.6. The maximum absolute atomic E-state index is 7.35. The van der Waals surface area contributed by atoms with Gasteiger partial charge in [-0.3, -0.25) is 0 Å². The number of furan rings is 2. The minimum atomic E-state index is -0.369. The lowest BCUT2D eigenvalue weighted by Crippen LogP contribution is -2.25. The molecule has 0 saturated carbocycles. The standard InChI is InChI=1S/C124H130O2/c1-13-17-21-25-29-41-65-123(66-42-30-26-22-18-14-2)99-49-37-33-45-85(99)91-61-55-81(71-107(91)123)79-53-59-87-89-63-57-83(73-103(89)119(5,6)101(87)69-79)95-75-109-113(115-93-47-35-39-51-111(93)125-117(95)115)97-77-106-98(78-105(97)121(109,9)10)114-110(122(106,11)12)76-96(118-116(114)94-48-36-40-52-112(94)126-118)84-58-64-90-88-60-54-80(70-102(88)120(7,8)104(90)74-84)82-56-62-92-86-46-34-38-50-100(86)124(108(92)72-82,67-43-31-27-23-19-15-3)68-44-32-28-24-20-16-4/h33-40,45-64,69-78H,13-32,41-44,65-68H2,1-12H3. The molecular weight excluding hydrogens is 1520 g/mol. The number of rotatable bonds is 32. The number of unbranched alkanes of at least 4 members (excludes halogenated alkanes) is 20. The molecule has 0 atom stereocenters. The van der Waals surface area contributed by atoms with Crippen molar-refractivity contribution in [2.45, 2.75) is 295 Å². The van der Waals surface area contributed by atoms with Gasteiger partial charge in [-0.05, 0) is 265 Å². The summed E-state index contributed by atoms with van der Waals surface area (Å²) in [5.41, 5.74) is 46.2. The Labute approximate surface area is 751 Å². The predicted octanol–water partition coefficient (Wildman–Crippen LogP) is 36.9. The number of para-hydroxylation sites is 2. The van der Waals surface area contributed by atoms with E-state index in [1.54, 1.807) is 22.3 Å². The largest absolute Gasteiger partial charge is 0.455 e. The normalized spacial score (nSPS) is 15.8. The summed E-state index contributed by atoms with van der Waals surface area (Å²) in [7, 11) is 0. The first-order valence-electron chi connectivity index (χ1n) is 49.6. The molecule has 6 aliphatic carbocycles. The molecule has 2 nitrogen and oxygen atoms in total. The van der Waals surface area contributed by atoms with Crippen LogP contribution in [0.15, 0.2) is 239 Å². The Morgan fingerprint density at radius 2 is 0.444 bits per heavy atom. The van der Waals surface area contributed by atoms with Gasteiger partial charge in [-0.15, -0.1) is 0 Å². The van der Waals surface area contributed by atoms with Crippen LogP contribution in [0.4, 0.5) is 0 Å². The van der Waals surface area contributed by atoms with Crippen molar-refractivity contribution in [3.05, 3.63) is 297 Å². The molecule has 0 N–H and O–H groups in total. The Kier molecular flexibility index (Phi) is 21.2. The lowest BCUT2D eigenvalue weighted by atomic mass is 9.70. The SMILES string of the molecule is CCCCCCCCC1(CCCCCCCC)c2ccccc2-c2ccc(-c3ccc4c(c3)C(C)(C)c3cc(-c5cc6c(c7c5oc5ccccc57)-c5cc7c(cc5C6(C)C)-c5c(cc(-c6ccc8c(c6)C(C)(C)c6cc(-c9ccc%10c(c9)C(CCCCCCCC)(CCCCCCCC)c9ccccc9-%10)ccc6-8)c6oc8ccccc8c56)C7(C)C)ccc3-4)cc21. The monoisotopic (exact) mass is 1650 g/mol. The Hall–Kier alpha value is -10.5. The lowest BCUT2D eigenvalue weighted by Gasteiger charge is -2.33. The van der Waals surface area contributed by atoms with Crippen LogP contribution in [0.5, 0.6) is 0 Å². The van der Waals surface area contributed by atoms with Crippen LogP contribution >= 0.6 is 0 Å². The zero-order chi connectivity index (χ0) is 86.2. The molecule has 0 unspecified atom stereocenters. The average molecular weight is 1650 g/mol. The molecule has 638 valence electrons. The fraction of sp³-hybridized carbons (Fsp3) is 0.371. The number of benzene rings is 13. The molecule has 15 aromatic rings. The topological polar surface area (TPSA) is 26.3 Å². The molecule has 0 bridgehead atoms. The van der Waals surface area contributed by atoms with Crippen LogP contribution in [0.3, 0.4) is 0 Å². The van der Waals surface area contributed by atoms with Gasteiger partial charge in [0.25, 0.3) is 0 Å². The van der Waals surface area contributed by atoms with Gasteiger partial charge in [0.2, 0.25) is 0 Å². The van der Waals surface area contributed by atoms with Crippen molar-refractivity contribution in [3.8, 4) is 111 Å². The molecule has 0 spiro atoms. The Morgan fingerprint density at radius 1 is 0.198 bits per heavy atom. The summed E-state index contributed by atoms with van der Waals surface area (Å²) in [6.07, 6.45) is 36.5. The zero-order valence-corrected chi connectivity index (χ0v) is 77.6. The molecule has 0 aliphatic heterocycles. The highest BCUT2D eigenvalue weighted by atomic mass is 16.3. The van der Waals surface area contributed by atoms with Gasteiger partial charge in [0.1, 0.15) is 22.3 Å². The van der Waals surface area contributed by atoms with E-state index in [0.717, 1.165) is 44.2 Å². The third kappa shape index (κ3) is 13.1. The van der Waals surface area contributed by atoms with E-state index in [1.165, 1.54) is 335 Å². The van der Waals surface area contributed by atoms with E-state index in [0.29, 0.717) is 0 Å². The average Bonchev–Trinajstić information content (AvgIpc) is 1.51. The van der Waals surface area contributed by atoms with Crippen molar-refractivity contribution in [2.75, 3.05) is 0 Å². The Bertz CT molecular complexity index is 6360. The summed E-state index contributed by atoms with van der Waals surface area (Å²) < 4.78 is 14.7. The smallest absolute Gasteiger partial charge is 0.143 e. The molecule has 0 fully saturated rings. The molecule has 0 saturated heterocycles. The highest BCUT2D eigenvalue weighted by Crippen LogP contribution is 2.65. The fourth-order valence-electron chi connectivity index (χ4n) is 25.7. The van der Waals surface area contributed by atoms with Crippen LogP contribution in [0.1, 0.15) is 330 Å². The molecule has 13 aromatic carbocycles. The number of fused-ring (bicyclic) bond motifs is 26. The van der Waals surface area contributed by atoms with Gasteiger partial charge < -0.3 is 8.83 Å². The Balaban J connectivity index is 0.612. The highest BCUT2D eigenvalue weighted by Gasteiger charge is 2.49. The van der Waals surface area contributed by atoms with Gasteiger partial charge in [-0.1, -0.05) is 395 Å². The van der Waals surface area contributed by atoms with Gasteiger partial charge in [0.15, 0.2) is 0 Å². The lowest BCUT2D eigenvalue weighted by molar-refractivity contribution is 0.398. The van der Waals surface area contributed by atoms with Gasteiger partial charge in [0, 0.05) is 65.2 Å². The van der Waals surface area contributed by atoms with Crippen molar-refractivity contribution in [2.24, 2.45) is 0 Å². The van der Waals surface area contributed by atoms with E-state index in [4.69, 9.17) is 8.83 Å². The molecular formula is C124H130O2. The first-order chi connectivity index (χ1) is 61.3. The van der Waals surface area contributed by atoms with Crippen molar-refractivity contribution in [3.63, 3.8) is 0 Å². The first-order valence-corrected chi connectivity index (χ1v) is 49.6. The molecule has 0 radical (unpaired) electrons. The van der Waals surface area contributed by atoms with E-state index in [2.05, 4.69) is 314 Å². The fourth-order valence-corrected chi connectivity index (χ4v) is 25.7. The quantitative estimate of drug-likeness (QED) is 0.0393. The Morgan fingerprint density at radius 3 is 0.786 bits per heavy atom. The highest BCUT2D eigenvalue weighted by molar-refractivity contribution is 6.21. The molecule has 2 heteroatoms. The third-order valence-electron chi connectivity index (χ3n) is 32.7. The summed E-state index contributed by atoms with van der Waals surface area (Å²) in [4.78, 5) is 0. The third-order valence-corrected chi connectivity index (χ3v) is 32.7. The summed E-state index contributed by atoms with van der Waals surface area (Å²) >= 11 is 0. The van der Waals surface area contributed by atoms with Gasteiger partial charge in [-0.2, -0.15) is 0 Å². The maximum Gasteiger partial charge on any atom is 0.143 e. The van der Waals surface area contributed by atoms with Crippen LogP contribution in [-0.4, -0.2) is 0 Å². The second kappa shape index (κ2) is 32.3. The van der Waals surface area contributed by atoms with Crippen LogP contribution < -0.4 is 0 Å². The second-order valence-electron chi connectivity index (χ2n) is 41.6. The summed E-state index contributed by atoms with van der Waals surface area (Å²) in [5, 5.41) is 4.75. The predicted molar refractivity (Wildman–Crippen MR) is 537 cm³/mol. The molecule has 2 heterocycles. The van der Waals surface area contributed by atoms with E-state index >= 15 is 0 Å². The van der Waals surface area contributed by atoms with E-state index in [-0.39, 0.29) is 32.5 Å². The number of hydrogen-bond acceptors (Lipinski definition) is 2. The van der Waals surface area contributed by atoms with E-state index in [1.807, 2.05) is 0 Å². The van der Waals surface area contributed by atoms with E-state index < -0.39 is 0 Å². The first kappa shape index (κ1) is 82.4. The molecule has 126 heavy (non-hydrogen) atoms. The van der Waals surface area contributed by atoms with Crippen LogP contribution in [-0.2, 0) is 32.5 Å². The van der Waals surface area contributed by atoms with E-state index in [9.17, 15) is 0 Å². The molecule has 21 rings (SSSR count). The molecule has 0 amide bonds. The summed E-state index contributed by atoms with van der Waals surface area (Å²) in [5.74, 6) is 0. The zero-order valence-electron chi connectivity index (χ0n) is 77.6. The molecule has 2 aromatic heterocycles.